The lowest BCUT2D eigenvalue weighted by atomic mass is 9.95. The molecule has 0 aliphatic carbocycles. The Hall–Kier alpha value is -1.84. The fourth-order valence-electron chi connectivity index (χ4n) is 3.28. The zero-order valence-electron chi connectivity index (χ0n) is 13.2. The van der Waals surface area contributed by atoms with Crippen molar-refractivity contribution in [1.82, 2.24) is 9.80 Å². The van der Waals surface area contributed by atoms with E-state index in [0.29, 0.717) is 5.75 Å². The zero-order valence-corrected chi connectivity index (χ0v) is 13.2. The Morgan fingerprint density at radius 2 is 1.55 bits per heavy atom. The van der Waals surface area contributed by atoms with Gasteiger partial charge in [0.15, 0.2) is 0 Å². The number of phenolic OH excluding ortho intramolecular Hbond substituents is 1. The van der Waals surface area contributed by atoms with Crippen molar-refractivity contribution >= 4 is 0 Å². The number of hydrogen-bond donors (Lipinski definition) is 1. The van der Waals surface area contributed by atoms with Gasteiger partial charge in [0.05, 0.1) is 6.04 Å². The van der Waals surface area contributed by atoms with Crippen LogP contribution in [0.15, 0.2) is 54.6 Å². The van der Waals surface area contributed by atoms with Crippen molar-refractivity contribution in [3.8, 4) is 5.75 Å². The summed E-state index contributed by atoms with van der Waals surface area (Å²) in [5.41, 5.74) is 2.24. The Morgan fingerprint density at radius 1 is 0.909 bits per heavy atom. The zero-order chi connectivity index (χ0) is 15.4. The van der Waals surface area contributed by atoms with E-state index in [0.717, 1.165) is 38.3 Å². The number of rotatable bonds is 4. The van der Waals surface area contributed by atoms with Gasteiger partial charge in [-0.05, 0) is 18.2 Å². The third kappa shape index (κ3) is 3.16. The third-order valence-electron chi connectivity index (χ3n) is 4.57. The lowest BCUT2D eigenvalue weighted by Gasteiger charge is -2.39. The van der Waals surface area contributed by atoms with Crippen LogP contribution in [0.3, 0.4) is 0 Å². The van der Waals surface area contributed by atoms with Crippen molar-refractivity contribution in [3.05, 3.63) is 65.7 Å². The van der Waals surface area contributed by atoms with Crippen molar-refractivity contribution in [2.75, 3.05) is 32.7 Å². The minimum absolute atomic E-state index is 0.126. The Labute approximate surface area is 132 Å². The standard InChI is InChI=1S/C19H24N2O/c1-2-20-12-14-21(15-13-20)19(16-8-4-3-5-9-16)17-10-6-7-11-18(17)22/h3-11,19,22H,2,12-15H2,1H3. The van der Waals surface area contributed by atoms with Gasteiger partial charge in [-0.3, -0.25) is 4.90 Å². The molecule has 0 aromatic heterocycles. The smallest absolute Gasteiger partial charge is 0.120 e. The van der Waals surface area contributed by atoms with Crippen LogP contribution < -0.4 is 0 Å². The summed E-state index contributed by atoms with van der Waals surface area (Å²) in [5.74, 6) is 0.384. The molecular weight excluding hydrogens is 272 g/mol. The molecule has 3 nitrogen and oxygen atoms in total. The second kappa shape index (κ2) is 6.95. The van der Waals surface area contributed by atoms with E-state index in [1.165, 1.54) is 5.56 Å². The van der Waals surface area contributed by atoms with Gasteiger partial charge in [0, 0.05) is 31.7 Å². The molecule has 1 unspecified atom stereocenters. The fourth-order valence-corrected chi connectivity index (χ4v) is 3.28. The molecule has 0 amide bonds. The van der Waals surface area contributed by atoms with Gasteiger partial charge in [-0.2, -0.15) is 0 Å². The van der Waals surface area contributed by atoms with Gasteiger partial charge in [0.2, 0.25) is 0 Å². The Bertz CT molecular complexity index is 591. The average Bonchev–Trinajstić information content (AvgIpc) is 2.58. The van der Waals surface area contributed by atoms with E-state index >= 15 is 0 Å². The van der Waals surface area contributed by atoms with Crippen LogP contribution >= 0.6 is 0 Å². The molecule has 0 saturated carbocycles. The maximum Gasteiger partial charge on any atom is 0.120 e. The van der Waals surface area contributed by atoms with Gasteiger partial charge in [0.25, 0.3) is 0 Å². The van der Waals surface area contributed by atoms with Crippen molar-refractivity contribution < 1.29 is 5.11 Å². The van der Waals surface area contributed by atoms with Crippen molar-refractivity contribution in [1.29, 1.82) is 0 Å². The van der Waals surface area contributed by atoms with Crippen LogP contribution in [0.5, 0.6) is 5.75 Å². The molecule has 1 aliphatic rings. The number of para-hydroxylation sites is 1. The van der Waals surface area contributed by atoms with Crippen molar-refractivity contribution in [3.63, 3.8) is 0 Å². The van der Waals surface area contributed by atoms with Gasteiger partial charge in [-0.1, -0.05) is 55.5 Å². The normalized spacial score (nSPS) is 18.2. The monoisotopic (exact) mass is 296 g/mol. The Morgan fingerprint density at radius 3 is 2.18 bits per heavy atom. The number of aromatic hydroxyl groups is 1. The largest absolute Gasteiger partial charge is 0.508 e. The van der Waals surface area contributed by atoms with Crippen LogP contribution in [0, 0.1) is 0 Å². The highest BCUT2D eigenvalue weighted by Gasteiger charge is 2.27. The summed E-state index contributed by atoms with van der Waals surface area (Å²) in [5, 5.41) is 10.3. The van der Waals surface area contributed by atoms with Gasteiger partial charge in [0.1, 0.15) is 5.75 Å². The molecular formula is C19H24N2O. The third-order valence-corrected chi connectivity index (χ3v) is 4.57. The summed E-state index contributed by atoms with van der Waals surface area (Å²) < 4.78 is 0. The van der Waals surface area contributed by atoms with Crippen molar-refractivity contribution in [2.24, 2.45) is 0 Å². The summed E-state index contributed by atoms with van der Waals surface area (Å²) in [6, 6.07) is 18.3. The first-order chi connectivity index (χ1) is 10.8. The number of benzene rings is 2. The molecule has 1 fully saturated rings. The van der Waals surface area contributed by atoms with E-state index in [9.17, 15) is 5.11 Å². The van der Waals surface area contributed by atoms with E-state index in [1.54, 1.807) is 6.07 Å². The topological polar surface area (TPSA) is 26.7 Å². The van der Waals surface area contributed by atoms with Crippen LogP contribution in [-0.4, -0.2) is 47.6 Å². The van der Waals surface area contributed by atoms with E-state index in [2.05, 4.69) is 41.0 Å². The lowest BCUT2D eigenvalue weighted by Crippen LogP contribution is -2.47. The number of piperazine rings is 1. The molecule has 0 spiro atoms. The molecule has 1 N–H and O–H groups in total. The van der Waals surface area contributed by atoms with E-state index in [-0.39, 0.29) is 6.04 Å². The Balaban J connectivity index is 1.93. The van der Waals surface area contributed by atoms with Crippen LogP contribution in [0.1, 0.15) is 24.1 Å². The lowest BCUT2D eigenvalue weighted by molar-refractivity contribution is 0.112. The molecule has 3 rings (SSSR count). The number of hydrogen-bond acceptors (Lipinski definition) is 3. The molecule has 2 aromatic carbocycles. The predicted molar refractivity (Wildman–Crippen MR) is 90.1 cm³/mol. The van der Waals surface area contributed by atoms with Gasteiger partial charge < -0.3 is 10.0 Å². The molecule has 1 saturated heterocycles. The number of nitrogens with zero attached hydrogens (tertiary/aromatic N) is 2. The molecule has 22 heavy (non-hydrogen) atoms. The highest BCUT2D eigenvalue weighted by molar-refractivity contribution is 5.40. The minimum atomic E-state index is 0.126. The molecule has 1 aliphatic heterocycles. The molecule has 3 heteroatoms. The molecule has 116 valence electrons. The maximum absolute atomic E-state index is 10.3. The summed E-state index contributed by atoms with van der Waals surface area (Å²) in [6.45, 7) is 7.57. The van der Waals surface area contributed by atoms with Gasteiger partial charge >= 0.3 is 0 Å². The SMILES string of the molecule is CCN1CCN(C(c2ccccc2)c2ccccc2O)CC1. The quantitative estimate of drug-likeness (QED) is 0.939. The number of phenols is 1. The summed E-state index contributed by atoms with van der Waals surface area (Å²) in [7, 11) is 0. The summed E-state index contributed by atoms with van der Waals surface area (Å²) in [4.78, 5) is 4.96. The fraction of sp³-hybridized carbons (Fsp3) is 0.368. The average molecular weight is 296 g/mol. The summed E-state index contributed by atoms with van der Waals surface area (Å²) in [6.07, 6.45) is 0. The maximum atomic E-state index is 10.3. The molecule has 0 radical (unpaired) electrons. The van der Waals surface area contributed by atoms with Crippen LogP contribution in [-0.2, 0) is 0 Å². The first-order valence-corrected chi connectivity index (χ1v) is 8.09. The minimum Gasteiger partial charge on any atom is -0.508 e. The Kier molecular flexibility index (Phi) is 4.76. The van der Waals surface area contributed by atoms with Crippen LogP contribution in [0.25, 0.3) is 0 Å². The van der Waals surface area contributed by atoms with Crippen LogP contribution in [0.4, 0.5) is 0 Å². The summed E-state index contributed by atoms with van der Waals surface area (Å²) >= 11 is 0. The van der Waals surface area contributed by atoms with Crippen molar-refractivity contribution in [2.45, 2.75) is 13.0 Å². The second-order valence-electron chi connectivity index (χ2n) is 5.84. The van der Waals surface area contributed by atoms with Crippen LogP contribution in [0.2, 0.25) is 0 Å². The molecule has 1 atom stereocenters. The number of likely N-dealkylation sites (N-methyl/N-ethyl adjacent to an activating group) is 1. The predicted octanol–water partition coefficient (Wildman–Crippen LogP) is 3.12. The highest BCUT2D eigenvalue weighted by Crippen LogP contribution is 2.34. The van der Waals surface area contributed by atoms with Gasteiger partial charge in [-0.25, -0.2) is 0 Å². The first kappa shape index (κ1) is 15.1. The van der Waals surface area contributed by atoms with E-state index in [1.807, 2.05) is 24.3 Å². The van der Waals surface area contributed by atoms with E-state index in [4.69, 9.17) is 0 Å². The van der Waals surface area contributed by atoms with Gasteiger partial charge in [-0.15, -0.1) is 0 Å². The molecule has 0 bridgehead atoms. The highest BCUT2D eigenvalue weighted by atomic mass is 16.3. The second-order valence-corrected chi connectivity index (χ2v) is 5.84. The van der Waals surface area contributed by atoms with E-state index < -0.39 is 0 Å². The first-order valence-electron chi connectivity index (χ1n) is 8.09. The molecule has 1 heterocycles. The molecule has 2 aromatic rings.